The van der Waals surface area contributed by atoms with E-state index in [0.29, 0.717) is 5.69 Å². The van der Waals surface area contributed by atoms with Crippen molar-refractivity contribution in [2.24, 2.45) is 0 Å². The van der Waals surface area contributed by atoms with E-state index in [0.717, 1.165) is 11.3 Å². The zero-order valence-electron chi connectivity index (χ0n) is 11.5. The molecule has 0 fully saturated rings. The molecule has 0 bridgehead atoms. The van der Waals surface area contributed by atoms with E-state index in [1.54, 1.807) is 12.1 Å². The second kappa shape index (κ2) is 6.19. The fraction of sp³-hybridized carbons (Fsp3) is 0.188. The first kappa shape index (κ1) is 14.1. The van der Waals surface area contributed by atoms with Gasteiger partial charge in [0.05, 0.1) is 6.54 Å². The van der Waals surface area contributed by atoms with Crippen molar-refractivity contribution in [2.75, 3.05) is 17.2 Å². The number of halogens is 1. The number of rotatable bonds is 4. The van der Waals surface area contributed by atoms with Crippen LogP contribution in [0.4, 0.5) is 15.8 Å². The van der Waals surface area contributed by atoms with Gasteiger partial charge in [0.2, 0.25) is 5.91 Å². The van der Waals surface area contributed by atoms with Crippen molar-refractivity contribution in [3.63, 3.8) is 0 Å². The maximum atomic E-state index is 13.0. The lowest BCUT2D eigenvalue weighted by molar-refractivity contribution is -0.114. The third kappa shape index (κ3) is 3.82. The molecule has 0 heterocycles. The van der Waals surface area contributed by atoms with Gasteiger partial charge in [-0.25, -0.2) is 4.39 Å². The molecule has 0 saturated carbocycles. The SMILES string of the molecule is Cc1ccc(NC(=O)CNc2cccc(F)c2)cc1C. The summed E-state index contributed by atoms with van der Waals surface area (Å²) in [5, 5.41) is 5.68. The van der Waals surface area contributed by atoms with Crippen LogP contribution in [0.15, 0.2) is 42.5 Å². The Morgan fingerprint density at radius 2 is 1.85 bits per heavy atom. The van der Waals surface area contributed by atoms with Gasteiger partial charge in [-0.05, 0) is 55.3 Å². The van der Waals surface area contributed by atoms with E-state index in [-0.39, 0.29) is 18.3 Å². The Morgan fingerprint density at radius 1 is 1.05 bits per heavy atom. The summed E-state index contributed by atoms with van der Waals surface area (Å²) in [4.78, 5) is 11.8. The molecule has 2 N–H and O–H groups in total. The molecule has 2 rings (SSSR count). The molecule has 20 heavy (non-hydrogen) atoms. The van der Waals surface area contributed by atoms with Crippen molar-refractivity contribution >= 4 is 17.3 Å². The fourth-order valence-corrected chi connectivity index (χ4v) is 1.81. The quantitative estimate of drug-likeness (QED) is 0.894. The number of carbonyl (C=O) groups excluding carboxylic acids is 1. The molecule has 2 aromatic rings. The minimum absolute atomic E-state index is 0.0936. The van der Waals surface area contributed by atoms with Crippen molar-refractivity contribution in [2.45, 2.75) is 13.8 Å². The third-order valence-electron chi connectivity index (χ3n) is 3.07. The van der Waals surface area contributed by atoms with E-state index in [1.807, 2.05) is 32.0 Å². The van der Waals surface area contributed by atoms with E-state index in [9.17, 15) is 9.18 Å². The molecule has 0 unspecified atom stereocenters. The second-order valence-corrected chi connectivity index (χ2v) is 4.71. The zero-order chi connectivity index (χ0) is 14.5. The summed E-state index contributed by atoms with van der Waals surface area (Å²) in [5.41, 5.74) is 3.65. The van der Waals surface area contributed by atoms with Gasteiger partial charge in [0, 0.05) is 11.4 Å². The van der Waals surface area contributed by atoms with Crippen molar-refractivity contribution in [3.8, 4) is 0 Å². The predicted molar refractivity (Wildman–Crippen MR) is 79.4 cm³/mol. The van der Waals surface area contributed by atoms with Gasteiger partial charge in [0.15, 0.2) is 0 Å². The van der Waals surface area contributed by atoms with E-state index in [1.165, 1.54) is 17.7 Å². The molecule has 0 aliphatic rings. The number of carbonyl (C=O) groups is 1. The van der Waals surface area contributed by atoms with Crippen LogP contribution in [0.1, 0.15) is 11.1 Å². The maximum absolute atomic E-state index is 13.0. The van der Waals surface area contributed by atoms with Gasteiger partial charge in [0.1, 0.15) is 5.82 Å². The average molecular weight is 272 g/mol. The minimum atomic E-state index is -0.329. The van der Waals surface area contributed by atoms with Gasteiger partial charge in [-0.1, -0.05) is 12.1 Å². The predicted octanol–water partition coefficient (Wildman–Crippen LogP) is 3.49. The number of nitrogens with one attached hydrogen (secondary N) is 2. The maximum Gasteiger partial charge on any atom is 0.243 e. The Labute approximate surface area is 117 Å². The second-order valence-electron chi connectivity index (χ2n) is 4.71. The smallest absolute Gasteiger partial charge is 0.243 e. The van der Waals surface area contributed by atoms with Gasteiger partial charge in [0.25, 0.3) is 0 Å². The van der Waals surface area contributed by atoms with Crippen LogP contribution in [0.25, 0.3) is 0 Å². The van der Waals surface area contributed by atoms with Crippen LogP contribution in [-0.4, -0.2) is 12.5 Å². The van der Waals surface area contributed by atoms with Crippen molar-refractivity contribution in [1.82, 2.24) is 0 Å². The lowest BCUT2D eigenvalue weighted by Crippen LogP contribution is -2.21. The monoisotopic (exact) mass is 272 g/mol. The Kier molecular flexibility index (Phi) is 4.35. The summed E-state index contributed by atoms with van der Waals surface area (Å²) in [6.07, 6.45) is 0. The molecule has 1 amide bonds. The van der Waals surface area contributed by atoms with Crippen molar-refractivity contribution in [3.05, 3.63) is 59.4 Å². The molecule has 0 aromatic heterocycles. The lowest BCUT2D eigenvalue weighted by Gasteiger charge is -2.09. The summed E-state index contributed by atoms with van der Waals surface area (Å²) in [7, 11) is 0. The average Bonchev–Trinajstić information content (AvgIpc) is 2.41. The van der Waals surface area contributed by atoms with Crippen LogP contribution >= 0.6 is 0 Å². The van der Waals surface area contributed by atoms with Gasteiger partial charge < -0.3 is 10.6 Å². The highest BCUT2D eigenvalue weighted by Crippen LogP contribution is 2.14. The standard InChI is InChI=1S/C16H17FN2O/c1-11-6-7-15(8-12(11)2)19-16(20)10-18-14-5-3-4-13(17)9-14/h3-9,18H,10H2,1-2H3,(H,19,20). The number of aryl methyl sites for hydroxylation is 2. The molecule has 2 aromatic carbocycles. The summed E-state index contributed by atoms with van der Waals surface area (Å²) in [6.45, 7) is 4.11. The van der Waals surface area contributed by atoms with Crippen LogP contribution in [0.5, 0.6) is 0 Å². The number of hydrogen-bond donors (Lipinski definition) is 2. The first-order valence-corrected chi connectivity index (χ1v) is 6.41. The molecule has 104 valence electrons. The van der Waals surface area contributed by atoms with E-state index < -0.39 is 0 Å². The first-order valence-electron chi connectivity index (χ1n) is 6.41. The number of benzene rings is 2. The summed E-state index contributed by atoms with van der Waals surface area (Å²) in [6, 6.07) is 11.8. The molecule has 0 aliphatic carbocycles. The first-order chi connectivity index (χ1) is 9.54. The summed E-state index contributed by atoms with van der Waals surface area (Å²) in [5.74, 6) is -0.498. The summed E-state index contributed by atoms with van der Waals surface area (Å²) < 4.78 is 13.0. The molecule has 0 spiro atoms. The zero-order valence-corrected chi connectivity index (χ0v) is 11.5. The largest absolute Gasteiger partial charge is 0.376 e. The Hall–Kier alpha value is -2.36. The molecular weight excluding hydrogens is 255 g/mol. The van der Waals surface area contributed by atoms with Gasteiger partial charge in [-0.2, -0.15) is 0 Å². The topological polar surface area (TPSA) is 41.1 Å². The van der Waals surface area contributed by atoms with Gasteiger partial charge in [-0.3, -0.25) is 4.79 Å². The normalized spacial score (nSPS) is 10.2. The molecule has 0 radical (unpaired) electrons. The molecule has 0 saturated heterocycles. The van der Waals surface area contributed by atoms with Gasteiger partial charge >= 0.3 is 0 Å². The lowest BCUT2D eigenvalue weighted by atomic mass is 10.1. The van der Waals surface area contributed by atoms with Crippen LogP contribution in [0.2, 0.25) is 0 Å². The van der Waals surface area contributed by atoms with Crippen molar-refractivity contribution in [1.29, 1.82) is 0 Å². The highest BCUT2D eigenvalue weighted by molar-refractivity contribution is 5.93. The number of hydrogen-bond acceptors (Lipinski definition) is 2. The molecular formula is C16H17FN2O. The van der Waals surface area contributed by atoms with Crippen LogP contribution in [0, 0.1) is 19.7 Å². The van der Waals surface area contributed by atoms with E-state index >= 15 is 0 Å². The fourth-order valence-electron chi connectivity index (χ4n) is 1.81. The molecule has 4 heteroatoms. The molecule has 0 aliphatic heterocycles. The highest BCUT2D eigenvalue weighted by atomic mass is 19.1. The van der Waals surface area contributed by atoms with E-state index in [4.69, 9.17) is 0 Å². The highest BCUT2D eigenvalue weighted by Gasteiger charge is 2.03. The Bertz CT molecular complexity index is 626. The number of anilines is 2. The van der Waals surface area contributed by atoms with E-state index in [2.05, 4.69) is 10.6 Å². The van der Waals surface area contributed by atoms with Gasteiger partial charge in [-0.15, -0.1) is 0 Å². The number of amides is 1. The van der Waals surface area contributed by atoms with Crippen LogP contribution in [0.3, 0.4) is 0 Å². The molecule has 0 atom stereocenters. The summed E-state index contributed by atoms with van der Waals surface area (Å²) >= 11 is 0. The van der Waals surface area contributed by atoms with Crippen molar-refractivity contribution < 1.29 is 9.18 Å². The minimum Gasteiger partial charge on any atom is -0.376 e. The van der Waals surface area contributed by atoms with Crippen LogP contribution in [-0.2, 0) is 4.79 Å². The molecule has 3 nitrogen and oxygen atoms in total. The third-order valence-corrected chi connectivity index (χ3v) is 3.07. The Balaban J connectivity index is 1.91. The van der Waals surface area contributed by atoms with Crippen LogP contribution < -0.4 is 10.6 Å². The Morgan fingerprint density at radius 3 is 2.55 bits per heavy atom.